The van der Waals surface area contributed by atoms with Gasteiger partial charge in [-0.3, -0.25) is 0 Å². The van der Waals surface area contributed by atoms with Gasteiger partial charge < -0.3 is 0 Å². The van der Waals surface area contributed by atoms with Gasteiger partial charge in [0, 0.05) is 3.57 Å². The second-order valence-corrected chi connectivity index (χ2v) is 7.67. The molecule has 0 radical (unpaired) electrons. The summed E-state index contributed by atoms with van der Waals surface area (Å²) in [5.74, 6) is 0. The van der Waals surface area contributed by atoms with Gasteiger partial charge in [0.25, 0.3) is 0 Å². The number of nitrogens with zero attached hydrogens (tertiary/aromatic N) is 2. The molecule has 2 aromatic carbocycles. The average Bonchev–Trinajstić information content (AvgIpc) is 2.91. The van der Waals surface area contributed by atoms with Crippen LogP contribution in [0, 0.1) is 14.9 Å². The van der Waals surface area contributed by atoms with E-state index in [1.165, 1.54) is 11.8 Å². The van der Waals surface area contributed by atoms with E-state index in [1.54, 1.807) is 11.3 Å². The Morgan fingerprint density at radius 1 is 1.19 bits per heavy atom. The fraction of sp³-hybridized carbons (Fsp3) is 0. The summed E-state index contributed by atoms with van der Waals surface area (Å²) >= 11 is 5.31. The van der Waals surface area contributed by atoms with Gasteiger partial charge in [-0.05, 0) is 64.2 Å². The number of thiazole rings is 1. The van der Waals surface area contributed by atoms with Crippen LogP contribution in [0.4, 0.5) is 0 Å². The van der Waals surface area contributed by atoms with Crippen LogP contribution in [0.15, 0.2) is 57.8 Å². The third-order valence-electron chi connectivity index (χ3n) is 2.77. The summed E-state index contributed by atoms with van der Waals surface area (Å²) in [5, 5.41) is 9.35. The molecule has 21 heavy (non-hydrogen) atoms. The Morgan fingerprint density at radius 3 is 2.71 bits per heavy atom. The molecule has 3 aromatic rings. The first-order valence-corrected chi connectivity index (χ1v) is 8.87. The van der Waals surface area contributed by atoms with E-state index < -0.39 is 0 Å². The molecule has 0 aliphatic rings. The van der Waals surface area contributed by atoms with Crippen molar-refractivity contribution in [3.8, 4) is 6.07 Å². The van der Waals surface area contributed by atoms with E-state index in [0.717, 1.165) is 23.7 Å². The van der Waals surface area contributed by atoms with Gasteiger partial charge in [0.2, 0.25) is 0 Å². The molecule has 0 saturated heterocycles. The van der Waals surface area contributed by atoms with E-state index in [1.807, 2.05) is 54.6 Å². The average molecular weight is 420 g/mol. The first kappa shape index (κ1) is 14.6. The van der Waals surface area contributed by atoms with Crippen LogP contribution in [-0.4, -0.2) is 4.98 Å². The monoisotopic (exact) mass is 420 g/mol. The highest BCUT2D eigenvalue weighted by Gasteiger charge is 2.07. The van der Waals surface area contributed by atoms with Gasteiger partial charge in [-0.25, -0.2) is 4.98 Å². The molecule has 0 N–H and O–H groups in total. The SMILES string of the molecule is N#C/C(=C\c1ccccc1I)Sc1nc2ccccc2s1. The number of nitriles is 1. The summed E-state index contributed by atoms with van der Waals surface area (Å²) in [6, 6.07) is 18.3. The number of halogens is 1. The summed E-state index contributed by atoms with van der Waals surface area (Å²) in [6.45, 7) is 0. The van der Waals surface area contributed by atoms with Crippen molar-refractivity contribution in [1.29, 1.82) is 5.26 Å². The number of rotatable bonds is 3. The summed E-state index contributed by atoms with van der Waals surface area (Å²) in [6.07, 6.45) is 1.92. The summed E-state index contributed by atoms with van der Waals surface area (Å²) in [5.41, 5.74) is 2.04. The molecule has 1 heterocycles. The zero-order valence-electron chi connectivity index (χ0n) is 10.8. The molecule has 1 aromatic heterocycles. The summed E-state index contributed by atoms with van der Waals surface area (Å²) in [7, 11) is 0. The van der Waals surface area contributed by atoms with Gasteiger partial charge in [-0.15, -0.1) is 11.3 Å². The zero-order chi connectivity index (χ0) is 14.7. The molecular formula is C16H9IN2S2. The van der Waals surface area contributed by atoms with Crippen molar-refractivity contribution in [3.63, 3.8) is 0 Å². The van der Waals surface area contributed by atoms with Crippen molar-refractivity contribution in [3.05, 3.63) is 62.6 Å². The largest absolute Gasteiger partial charge is 0.229 e. The molecule has 0 saturated carbocycles. The number of aromatic nitrogens is 1. The first-order valence-electron chi connectivity index (χ1n) is 6.16. The van der Waals surface area contributed by atoms with E-state index in [9.17, 15) is 5.26 Å². The van der Waals surface area contributed by atoms with E-state index in [0.29, 0.717) is 4.91 Å². The molecule has 0 unspecified atom stereocenters. The van der Waals surface area contributed by atoms with Crippen LogP contribution in [0.25, 0.3) is 16.3 Å². The number of thioether (sulfide) groups is 1. The minimum absolute atomic E-state index is 0.651. The molecule has 5 heteroatoms. The molecule has 3 rings (SSSR count). The van der Waals surface area contributed by atoms with Crippen molar-refractivity contribution in [2.24, 2.45) is 0 Å². The Bertz CT molecular complexity index is 829. The zero-order valence-corrected chi connectivity index (χ0v) is 14.6. The Morgan fingerprint density at radius 2 is 1.95 bits per heavy atom. The molecule has 0 fully saturated rings. The van der Waals surface area contributed by atoms with Crippen LogP contribution >= 0.6 is 45.7 Å². The molecule has 0 bridgehead atoms. The Hall–Kier alpha value is -1.36. The van der Waals surface area contributed by atoms with Gasteiger partial charge in [0.1, 0.15) is 6.07 Å². The van der Waals surface area contributed by atoms with Gasteiger partial charge >= 0.3 is 0 Å². The first-order chi connectivity index (χ1) is 10.3. The van der Waals surface area contributed by atoms with Crippen molar-refractivity contribution in [2.45, 2.75) is 4.34 Å². The van der Waals surface area contributed by atoms with E-state index in [4.69, 9.17) is 0 Å². The molecule has 0 aliphatic heterocycles. The summed E-state index contributed by atoms with van der Waals surface area (Å²) in [4.78, 5) is 5.20. The molecule has 0 amide bonds. The lowest BCUT2D eigenvalue weighted by Crippen LogP contribution is -1.80. The van der Waals surface area contributed by atoms with Crippen molar-refractivity contribution in [2.75, 3.05) is 0 Å². The lowest BCUT2D eigenvalue weighted by atomic mass is 10.2. The van der Waals surface area contributed by atoms with Crippen molar-refractivity contribution < 1.29 is 0 Å². The van der Waals surface area contributed by atoms with E-state index in [2.05, 4.69) is 33.6 Å². The van der Waals surface area contributed by atoms with E-state index in [-0.39, 0.29) is 0 Å². The lowest BCUT2D eigenvalue weighted by Gasteiger charge is -1.99. The number of hydrogen-bond donors (Lipinski definition) is 0. The maximum Gasteiger partial charge on any atom is 0.156 e. The van der Waals surface area contributed by atoms with Crippen LogP contribution in [0.2, 0.25) is 0 Å². The fourth-order valence-corrected chi connectivity index (χ4v) is 4.32. The highest BCUT2D eigenvalue weighted by molar-refractivity contribution is 14.1. The maximum atomic E-state index is 9.35. The van der Waals surface area contributed by atoms with Gasteiger partial charge in [0.15, 0.2) is 4.34 Å². The second-order valence-electron chi connectivity index (χ2n) is 4.19. The van der Waals surface area contributed by atoms with Gasteiger partial charge in [-0.2, -0.15) is 5.26 Å². The topological polar surface area (TPSA) is 36.7 Å². The number of para-hydroxylation sites is 1. The third-order valence-corrected chi connectivity index (χ3v) is 5.78. The molecular weight excluding hydrogens is 411 g/mol. The van der Waals surface area contributed by atoms with Crippen LogP contribution in [-0.2, 0) is 0 Å². The van der Waals surface area contributed by atoms with Crippen molar-refractivity contribution in [1.82, 2.24) is 4.98 Å². The number of fused-ring (bicyclic) bond motifs is 1. The smallest absolute Gasteiger partial charge is 0.156 e. The summed E-state index contributed by atoms with van der Waals surface area (Å²) < 4.78 is 3.18. The number of benzene rings is 2. The van der Waals surface area contributed by atoms with Crippen LogP contribution in [0.3, 0.4) is 0 Å². The minimum atomic E-state index is 0.651. The number of allylic oxidation sites excluding steroid dienone is 1. The molecule has 0 spiro atoms. The minimum Gasteiger partial charge on any atom is -0.229 e. The number of hydrogen-bond acceptors (Lipinski definition) is 4. The molecule has 102 valence electrons. The van der Waals surface area contributed by atoms with Gasteiger partial charge in [-0.1, -0.05) is 30.3 Å². The van der Waals surface area contributed by atoms with Crippen LogP contribution in [0.1, 0.15) is 5.56 Å². The van der Waals surface area contributed by atoms with Crippen LogP contribution < -0.4 is 0 Å². The Balaban J connectivity index is 1.91. The fourth-order valence-electron chi connectivity index (χ4n) is 1.81. The predicted molar refractivity (Wildman–Crippen MR) is 98.2 cm³/mol. The molecule has 2 nitrogen and oxygen atoms in total. The Kier molecular flexibility index (Phi) is 4.58. The highest BCUT2D eigenvalue weighted by atomic mass is 127. The van der Waals surface area contributed by atoms with E-state index >= 15 is 0 Å². The lowest BCUT2D eigenvalue weighted by molar-refractivity contribution is 1.31. The second kappa shape index (κ2) is 6.60. The Labute approximate surface area is 144 Å². The maximum absolute atomic E-state index is 9.35. The van der Waals surface area contributed by atoms with Crippen LogP contribution in [0.5, 0.6) is 0 Å². The normalized spacial score (nSPS) is 11.5. The molecule has 0 atom stereocenters. The third kappa shape index (κ3) is 3.46. The van der Waals surface area contributed by atoms with Crippen molar-refractivity contribution >= 4 is 62.0 Å². The molecule has 0 aliphatic carbocycles. The highest BCUT2D eigenvalue weighted by Crippen LogP contribution is 2.34. The quantitative estimate of drug-likeness (QED) is 0.316. The standard InChI is InChI=1S/C16H9IN2S2/c17-13-6-2-1-5-11(13)9-12(10-18)20-16-19-14-7-3-4-8-15(14)21-16/h1-9H/b12-9+. The van der Waals surface area contributed by atoms with Gasteiger partial charge in [0.05, 0.1) is 15.1 Å². The predicted octanol–water partition coefficient (Wildman–Crippen LogP) is 5.56.